The molecule has 0 saturated heterocycles. The summed E-state index contributed by atoms with van der Waals surface area (Å²) >= 11 is 0. The van der Waals surface area contributed by atoms with E-state index in [1.54, 1.807) is 0 Å². The summed E-state index contributed by atoms with van der Waals surface area (Å²) in [5.74, 6) is -0.110. The molecule has 0 spiro atoms. The lowest BCUT2D eigenvalue weighted by Gasteiger charge is -1.92. The van der Waals surface area contributed by atoms with Gasteiger partial charge in [0.1, 0.15) is 0 Å². The zero-order chi connectivity index (χ0) is 6.69. The summed E-state index contributed by atoms with van der Waals surface area (Å²) in [4.78, 5) is 12.6. The standard InChI is InChI=1S/C5H7NO3/c1-2-8-4-3-9-5(7)6-4/h3H,2H2,1H3,(H,6,7). The van der Waals surface area contributed by atoms with Crippen molar-refractivity contribution in [2.75, 3.05) is 6.61 Å². The Labute approximate surface area is 51.5 Å². The van der Waals surface area contributed by atoms with Crippen molar-refractivity contribution in [3.63, 3.8) is 0 Å². The fourth-order valence-corrected chi connectivity index (χ4v) is 0.492. The number of aromatic amines is 1. The summed E-state index contributed by atoms with van der Waals surface area (Å²) in [6.07, 6.45) is 1.24. The van der Waals surface area contributed by atoms with Crippen LogP contribution in [0.25, 0.3) is 0 Å². The van der Waals surface area contributed by atoms with Gasteiger partial charge in [-0.3, -0.25) is 4.98 Å². The monoisotopic (exact) mass is 129 g/mol. The van der Waals surface area contributed by atoms with E-state index >= 15 is 0 Å². The lowest BCUT2D eigenvalue weighted by atomic mass is 10.8. The van der Waals surface area contributed by atoms with Crippen molar-refractivity contribution in [3.8, 4) is 5.88 Å². The Kier molecular flexibility index (Phi) is 1.58. The molecule has 0 aliphatic rings. The van der Waals surface area contributed by atoms with E-state index in [0.717, 1.165) is 0 Å². The van der Waals surface area contributed by atoms with Crippen LogP contribution < -0.4 is 10.5 Å². The highest BCUT2D eigenvalue weighted by molar-refractivity contribution is 4.97. The zero-order valence-electron chi connectivity index (χ0n) is 5.01. The third-order valence-corrected chi connectivity index (χ3v) is 0.798. The topological polar surface area (TPSA) is 55.2 Å². The number of rotatable bonds is 2. The van der Waals surface area contributed by atoms with Gasteiger partial charge in [-0.05, 0) is 6.92 Å². The number of H-pyrrole nitrogens is 1. The van der Waals surface area contributed by atoms with Crippen LogP contribution in [-0.4, -0.2) is 11.6 Å². The maximum atomic E-state index is 10.3. The molecule has 4 nitrogen and oxygen atoms in total. The molecule has 1 rings (SSSR count). The van der Waals surface area contributed by atoms with E-state index in [1.165, 1.54) is 6.26 Å². The first kappa shape index (κ1) is 5.94. The van der Waals surface area contributed by atoms with Gasteiger partial charge in [0.15, 0.2) is 6.26 Å². The quantitative estimate of drug-likeness (QED) is 0.627. The predicted octanol–water partition coefficient (Wildman–Crippen LogP) is 0.367. The Balaban J connectivity index is 2.73. The molecule has 0 atom stereocenters. The number of ether oxygens (including phenoxy) is 1. The number of oxazole rings is 1. The van der Waals surface area contributed by atoms with Gasteiger partial charge in [-0.15, -0.1) is 0 Å². The Morgan fingerprint density at radius 3 is 3.11 bits per heavy atom. The van der Waals surface area contributed by atoms with E-state index in [9.17, 15) is 4.79 Å². The van der Waals surface area contributed by atoms with Gasteiger partial charge in [0.25, 0.3) is 0 Å². The molecule has 0 aliphatic heterocycles. The third kappa shape index (κ3) is 1.35. The average Bonchev–Trinajstić information content (AvgIpc) is 2.17. The number of hydrogen-bond donors (Lipinski definition) is 1. The second kappa shape index (κ2) is 2.39. The van der Waals surface area contributed by atoms with Crippen molar-refractivity contribution in [2.24, 2.45) is 0 Å². The molecule has 0 amide bonds. The zero-order valence-corrected chi connectivity index (χ0v) is 5.01. The summed E-state index contributed by atoms with van der Waals surface area (Å²) in [5.41, 5.74) is 0. The summed E-state index contributed by atoms with van der Waals surface area (Å²) in [6.45, 7) is 2.35. The second-order valence-corrected chi connectivity index (χ2v) is 1.45. The lowest BCUT2D eigenvalue weighted by molar-refractivity contribution is 0.325. The van der Waals surface area contributed by atoms with Crippen LogP contribution in [0.4, 0.5) is 0 Å². The Hall–Kier alpha value is -1.19. The highest BCUT2D eigenvalue weighted by atomic mass is 16.5. The van der Waals surface area contributed by atoms with Crippen LogP contribution in [0.3, 0.4) is 0 Å². The first-order chi connectivity index (χ1) is 4.33. The van der Waals surface area contributed by atoms with E-state index in [1.807, 2.05) is 6.92 Å². The summed E-state index contributed by atoms with van der Waals surface area (Å²) in [7, 11) is 0. The molecule has 0 bridgehead atoms. The molecule has 0 unspecified atom stereocenters. The summed E-state index contributed by atoms with van der Waals surface area (Å²) in [6, 6.07) is 0. The molecule has 50 valence electrons. The van der Waals surface area contributed by atoms with Crippen molar-refractivity contribution < 1.29 is 9.15 Å². The van der Waals surface area contributed by atoms with Gasteiger partial charge in [0.05, 0.1) is 6.61 Å². The first-order valence-electron chi connectivity index (χ1n) is 2.63. The molecular formula is C5H7NO3. The highest BCUT2D eigenvalue weighted by Crippen LogP contribution is 1.99. The van der Waals surface area contributed by atoms with Gasteiger partial charge < -0.3 is 9.15 Å². The number of hydrogen-bond acceptors (Lipinski definition) is 3. The van der Waals surface area contributed by atoms with E-state index in [4.69, 9.17) is 4.74 Å². The Bertz CT molecular complexity index is 224. The fraction of sp³-hybridized carbons (Fsp3) is 0.400. The minimum absolute atomic E-state index is 0.377. The molecule has 0 radical (unpaired) electrons. The molecule has 0 aromatic carbocycles. The normalized spacial score (nSPS) is 9.44. The smallest absolute Gasteiger partial charge is 0.419 e. The van der Waals surface area contributed by atoms with E-state index < -0.39 is 5.76 Å². The summed E-state index contributed by atoms with van der Waals surface area (Å²) < 4.78 is 9.26. The highest BCUT2D eigenvalue weighted by Gasteiger charge is 1.93. The SMILES string of the molecule is CCOc1coc(=O)[nH]1. The molecule has 1 aromatic heterocycles. The van der Waals surface area contributed by atoms with Gasteiger partial charge in [0.2, 0.25) is 5.88 Å². The van der Waals surface area contributed by atoms with Crippen LogP contribution in [0.5, 0.6) is 5.88 Å². The van der Waals surface area contributed by atoms with Crippen LogP contribution in [0.15, 0.2) is 15.5 Å². The van der Waals surface area contributed by atoms with Crippen molar-refractivity contribution in [3.05, 3.63) is 16.8 Å². The van der Waals surface area contributed by atoms with Crippen LogP contribution in [0.1, 0.15) is 6.92 Å². The van der Waals surface area contributed by atoms with Crippen molar-refractivity contribution >= 4 is 0 Å². The van der Waals surface area contributed by atoms with E-state index in [2.05, 4.69) is 9.40 Å². The fourth-order valence-electron chi connectivity index (χ4n) is 0.492. The Morgan fingerprint density at radius 2 is 2.67 bits per heavy atom. The van der Waals surface area contributed by atoms with Gasteiger partial charge in [0, 0.05) is 0 Å². The van der Waals surface area contributed by atoms with Crippen LogP contribution in [0, 0.1) is 0 Å². The van der Waals surface area contributed by atoms with Gasteiger partial charge in [-0.25, -0.2) is 4.79 Å². The van der Waals surface area contributed by atoms with Gasteiger partial charge in [-0.2, -0.15) is 0 Å². The maximum Gasteiger partial charge on any atom is 0.419 e. The number of nitrogens with one attached hydrogen (secondary N) is 1. The minimum Gasteiger partial charge on any atom is -0.477 e. The van der Waals surface area contributed by atoms with Gasteiger partial charge in [-0.1, -0.05) is 0 Å². The van der Waals surface area contributed by atoms with Crippen LogP contribution in [-0.2, 0) is 0 Å². The first-order valence-corrected chi connectivity index (χ1v) is 2.63. The van der Waals surface area contributed by atoms with Crippen molar-refractivity contribution in [2.45, 2.75) is 6.92 Å². The van der Waals surface area contributed by atoms with Crippen molar-refractivity contribution in [1.29, 1.82) is 0 Å². The molecular weight excluding hydrogens is 122 g/mol. The third-order valence-electron chi connectivity index (χ3n) is 0.798. The Morgan fingerprint density at radius 1 is 1.89 bits per heavy atom. The molecule has 9 heavy (non-hydrogen) atoms. The molecule has 1 N–H and O–H groups in total. The molecule has 1 aromatic rings. The summed E-state index contributed by atoms with van der Waals surface area (Å²) in [5, 5.41) is 0. The average molecular weight is 129 g/mol. The molecule has 4 heteroatoms. The minimum atomic E-state index is -0.488. The van der Waals surface area contributed by atoms with E-state index in [-0.39, 0.29) is 0 Å². The van der Waals surface area contributed by atoms with E-state index in [0.29, 0.717) is 12.5 Å². The van der Waals surface area contributed by atoms with Gasteiger partial charge >= 0.3 is 5.76 Å². The number of aromatic nitrogens is 1. The predicted molar refractivity (Wildman–Crippen MR) is 30.5 cm³/mol. The molecule has 0 aliphatic carbocycles. The second-order valence-electron chi connectivity index (χ2n) is 1.45. The molecule has 1 heterocycles. The van der Waals surface area contributed by atoms with Crippen LogP contribution >= 0.6 is 0 Å². The molecule has 0 saturated carbocycles. The maximum absolute atomic E-state index is 10.3. The van der Waals surface area contributed by atoms with Crippen molar-refractivity contribution in [1.82, 2.24) is 4.98 Å². The lowest BCUT2D eigenvalue weighted by Crippen LogP contribution is -1.97. The van der Waals surface area contributed by atoms with Crippen LogP contribution in [0.2, 0.25) is 0 Å². The molecule has 0 fully saturated rings. The largest absolute Gasteiger partial charge is 0.477 e.